The van der Waals surface area contributed by atoms with Gasteiger partial charge in [0.15, 0.2) is 5.82 Å². The summed E-state index contributed by atoms with van der Waals surface area (Å²) in [6.45, 7) is 0. The molecule has 3 N–H and O–H groups in total. The average molecular weight is 269 g/mol. The van der Waals surface area contributed by atoms with Crippen LogP contribution in [0.4, 0.5) is 0 Å². The minimum absolute atomic E-state index is 0.00664. The van der Waals surface area contributed by atoms with Gasteiger partial charge >= 0.3 is 0 Å². The van der Waals surface area contributed by atoms with Crippen LogP contribution in [0.3, 0.4) is 0 Å². The predicted molar refractivity (Wildman–Crippen MR) is 65.7 cm³/mol. The lowest BCUT2D eigenvalue weighted by Gasteiger charge is -2.20. The van der Waals surface area contributed by atoms with Crippen molar-refractivity contribution in [3.05, 3.63) is 27.4 Å². The van der Waals surface area contributed by atoms with E-state index >= 15 is 0 Å². The number of rotatable bonds is 2. The number of H-pyrrole nitrogens is 1. The summed E-state index contributed by atoms with van der Waals surface area (Å²) >= 11 is 5.56. The van der Waals surface area contributed by atoms with Crippen molar-refractivity contribution < 1.29 is 4.79 Å². The lowest BCUT2D eigenvalue weighted by molar-refractivity contribution is 0.0920. The highest BCUT2D eigenvalue weighted by Gasteiger charge is 2.39. The van der Waals surface area contributed by atoms with Crippen LogP contribution in [0.1, 0.15) is 29.9 Å². The van der Waals surface area contributed by atoms with E-state index in [1.807, 2.05) is 0 Å². The van der Waals surface area contributed by atoms with Crippen molar-refractivity contribution in [3.8, 4) is 0 Å². The maximum Gasteiger partial charge on any atom is 0.287 e. The molecule has 3 atom stereocenters. The molecule has 1 aromatic heterocycles. The maximum absolute atomic E-state index is 11.9. The number of carbonyl (C=O) groups excluding carboxylic acids is 1. The average Bonchev–Trinajstić information content (AvgIpc) is 2.94. The van der Waals surface area contributed by atoms with Crippen LogP contribution in [-0.2, 0) is 0 Å². The number of nitrogens with zero attached hydrogens (tertiary/aromatic N) is 1. The van der Waals surface area contributed by atoms with E-state index in [4.69, 9.17) is 11.6 Å². The summed E-state index contributed by atoms with van der Waals surface area (Å²) < 4.78 is 0. The summed E-state index contributed by atoms with van der Waals surface area (Å²) in [4.78, 5) is 29.4. The Morgan fingerprint density at radius 1 is 1.50 bits per heavy atom. The Labute approximate surface area is 108 Å². The molecule has 6 nitrogen and oxygen atoms in total. The molecule has 18 heavy (non-hydrogen) atoms. The number of hydrogen-bond donors (Lipinski definition) is 3. The van der Waals surface area contributed by atoms with Crippen molar-refractivity contribution in [1.82, 2.24) is 20.6 Å². The summed E-state index contributed by atoms with van der Waals surface area (Å²) in [5.74, 6) is -0.352. The third-order valence-corrected chi connectivity index (χ3v) is 3.86. The zero-order valence-electron chi connectivity index (χ0n) is 9.57. The SMILES string of the molecule is O=C(N[C@@H]1C[C@H]2CC[C@@H]1N2)c1ncc(Cl)c(=O)[nH]1. The Hall–Kier alpha value is -1.40. The van der Waals surface area contributed by atoms with Crippen molar-refractivity contribution in [3.63, 3.8) is 0 Å². The van der Waals surface area contributed by atoms with E-state index in [1.54, 1.807) is 0 Å². The van der Waals surface area contributed by atoms with Crippen molar-refractivity contribution in [2.45, 2.75) is 37.4 Å². The molecule has 1 aromatic rings. The number of fused-ring (bicyclic) bond motifs is 2. The van der Waals surface area contributed by atoms with Gasteiger partial charge in [0.05, 0.1) is 6.20 Å². The fraction of sp³-hybridized carbons (Fsp3) is 0.545. The largest absolute Gasteiger partial charge is 0.345 e. The Morgan fingerprint density at radius 2 is 2.33 bits per heavy atom. The molecule has 0 aliphatic carbocycles. The van der Waals surface area contributed by atoms with Crippen molar-refractivity contribution >= 4 is 17.5 Å². The van der Waals surface area contributed by atoms with Gasteiger partial charge in [0.2, 0.25) is 0 Å². The molecule has 3 rings (SSSR count). The van der Waals surface area contributed by atoms with E-state index in [2.05, 4.69) is 20.6 Å². The minimum atomic E-state index is -0.497. The molecule has 3 heterocycles. The molecule has 1 amide bonds. The number of carbonyl (C=O) groups is 1. The molecular formula is C11H13ClN4O2. The normalized spacial score (nSPS) is 29.5. The smallest absolute Gasteiger partial charge is 0.287 e. The van der Waals surface area contributed by atoms with Gasteiger partial charge in [0.1, 0.15) is 5.02 Å². The van der Waals surface area contributed by atoms with Gasteiger partial charge in [-0.05, 0) is 19.3 Å². The maximum atomic E-state index is 11.9. The van der Waals surface area contributed by atoms with Crippen molar-refractivity contribution in [2.75, 3.05) is 0 Å². The van der Waals surface area contributed by atoms with E-state index in [0.29, 0.717) is 12.1 Å². The van der Waals surface area contributed by atoms with Crippen LogP contribution in [0.15, 0.2) is 11.0 Å². The summed E-state index contributed by atoms with van der Waals surface area (Å²) in [5.41, 5.74) is -0.497. The van der Waals surface area contributed by atoms with Gasteiger partial charge in [0.25, 0.3) is 11.5 Å². The molecule has 96 valence electrons. The number of aromatic nitrogens is 2. The lowest BCUT2D eigenvalue weighted by Crippen LogP contribution is -2.43. The molecule has 2 aliphatic heterocycles. The van der Waals surface area contributed by atoms with Crippen LogP contribution in [0, 0.1) is 0 Å². The van der Waals surface area contributed by atoms with Crippen molar-refractivity contribution in [1.29, 1.82) is 0 Å². The van der Waals surface area contributed by atoms with E-state index in [9.17, 15) is 9.59 Å². The second-order valence-corrected chi connectivity index (χ2v) is 5.18. The molecule has 0 unspecified atom stereocenters. The fourth-order valence-electron chi connectivity index (χ4n) is 2.72. The molecule has 0 spiro atoms. The number of halogens is 1. The molecule has 2 saturated heterocycles. The van der Waals surface area contributed by atoms with Crippen molar-refractivity contribution in [2.24, 2.45) is 0 Å². The van der Waals surface area contributed by atoms with Gasteiger partial charge in [-0.1, -0.05) is 11.6 Å². The Balaban J connectivity index is 1.71. The molecular weight excluding hydrogens is 256 g/mol. The first-order chi connectivity index (χ1) is 8.63. The quantitative estimate of drug-likeness (QED) is 0.707. The summed E-state index contributed by atoms with van der Waals surface area (Å²) in [6.07, 6.45) is 4.38. The third-order valence-electron chi connectivity index (χ3n) is 3.59. The van der Waals surface area contributed by atoms with Crippen LogP contribution >= 0.6 is 11.6 Å². The van der Waals surface area contributed by atoms with Gasteiger partial charge < -0.3 is 15.6 Å². The first-order valence-corrected chi connectivity index (χ1v) is 6.33. The molecule has 2 bridgehead atoms. The first kappa shape index (κ1) is 11.7. The molecule has 0 aromatic carbocycles. The van der Waals surface area contributed by atoms with Gasteiger partial charge in [-0.3, -0.25) is 9.59 Å². The number of aromatic amines is 1. The summed E-state index contributed by atoms with van der Waals surface area (Å²) in [6, 6.07) is 0.979. The highest BCUT2D eigenvalue weighted by atomic mass is 35.5. The van der Waals surface area contributed by atoms with Crippen LogP contribution in [-0.4, -0.2) is 34.0 Å². The van der Waals surface area contributed by atoms with E-state index in [0.717, 1.165) is 12.8 Å². The minimum Gasteiger partial charge on any atom is -0.345 e. The highest BCUT2D eigenvalue weighted by molar-refractivity contribution is 6.30. The van der Waals surface area contributed by atoms with Gasteiger partial charge in [-0.2, -0.15) is 0 Å². The zero-order chi connectivity index (χ0) is 12.7. The molecule has 2 aliphatic rings. The van der Waals surface area contributed by atoms with Gasteiger partial charge in [-0.25, -0.2) is 4.98 Å². The number of nitrogens with one attached hydrogen (secondary N) is 3. The Bertz CT molecular complexity index is 544. The Morgan fingerprint density at radius 3 is 2.94 bits per heavy atom. The fourth-order valence-corrected chi connectivity index (χ4v) is 2.81. The molecule has 7 heteroatoms. The number of amides is 1. The molecule has 0 radical (unpaired) electrons. The van der Waals surface area contributed by atoms with Crippen LogP contribution in [0.25, 0.3) is 0 Å². The van der Waals surface area contributed by atoms with Gasteiger partial charge in [0, 0.05) is 18.1 Å². The van der Waals surface area contributed by atoms with Gasteiger partial charge in [-0.15, -0.1) is 0 Å². The lowest BCUT2D eigenvalue weighted by atomic mass is 9.95. The van der Waals surface area contributed by atoms with Crippen LogP contribution in [0.2, 0.25) is 5.02 Å². The second-order valence-electron chi connectivity index (χ2n) is 4.77. The second kappa shape index (κ2) is 4.37. The van der Waals surface area contributed by atoms with E-state index in [-0.39, 0.29) is 22.8 Å². The topological polar surface area (TPSA) is 86.9 Å². The summed E-state index contributed by atoms with van der Waals surface area (Å²) in [7, 11) is 0. The van der Waals surface area contributed by atoms with E-state index in [1.165, 1.54) is 12.6 Å². The van der Waals surface area contributed by atoms with Crippen LogP contribution in [0.5, 0.6) is 0 Å². The van der Waals surface area contributed by atoms with Crippen LogP contribution < -0.4 is 16.2 Å². The summed E-state index contributed by atoms with van der Waals surface area (Å²) in [5, 5.41) is 6.30. The standard InChI is InChI=1S/C11H13ClN4O2/c12-6-4-13-9(16-10(6)17)11(18)15-8-3-5-1-2-7(8)14-5/h4-5,7-8,14H,1-3H2,(H,15,18)(H,13,16,17)/t5-,7+,8-/m1/s1. The molecule has 2 fully saturated rings. The monoisotopic (exact) mass is 268 g/mol. The molecule has 0 saturated carbocycles. The Kier molecular flexibility index (Phi) is 2.83. The number of hydrogen-bond acceptors (Lipinski definition) is 4. The first-order valence-electron chi connectivity index (χ1n) is 5.95. The third kappa shape index (κ3) is 2.02. The van der Waals surface area contributed by atoms with E-state index < -0.39 is 5.56 Å². The highest BCUT2D eigenvalue weighted by Crippen LogP contribution is 2.28. The predicted octanol–water partition coefficient (Wildman–Crippen LogP) is 0.0460. The zero-order valence-corrected chi connectivity index (χ0v) is 10.3.